The number of esters is 1. The minimum absolute atomic E-state index is 0.0805. The lowest BCUT2D eigenvalue weighted by Gasteiger charge is -2.22. The summed E-state index contributed by atoms with van der Waals surface area (Å²) < 4.78 is 5.16. The quantitative estimate of drug-likeness (QED) is 0.818. The Morgan fingerprint density at radius 2 is 2.00 bits per heavy atom. The number of nitrogens with one attached hydrogen (secondary N) is 1. The van der Waals surface area contributed by atoms with Gasteiger partial charge in [-0.3, -0.25) is 4.79 Å². The summed E-state index contributed by atoms with van der Waals surface area (Å²) in [5.74, 6) is -0.602. The van der Waals surface area contributed by atoms with E-state index >= 15 is 0 Å². The van der Waals surface area contributed by atoms with E-state index in [0.29, 0.717) is 12.5 Å². The molecule has 2 N–H and O–H groups in total. The lowest BCUT2D eigenvalue weighted by Crippen LogP contribution is -2.38. The highest BCUT2D eigenvalue weighted by atomic mass is 16.5. The van der Waals surface area contributed by atoms with E-state index in [-0.39, 0.29) is 17.2 Å². The summed E-state index contributed by atoms with van der Waals surface area (Å²) in [5, 5.41) is 12.6. The first kappa shape index (κ1) is 17.3. The summed E-state index contributed by atoms with van der Waals surface area (Å²) in [5.41, 5.74) is 0.918. The number of hydrogen-bond acceptors (Lipinski definition) is 4. The summed E-state index contributed by atoms with van der Waals surface area (Å²) in [6.07, 6.45) is 5.12. The largest absolute Gasteiger partial charge is 0.507 e. The Bertz CT molecular complexity index is 564. The third-order valence-corrected chi connectivity index (χ3v) is 4.31. The van der Waals surface area contributed by atoms with E-state index in [9.17, 15) is 14.7 Å². The minimum atomic E-state index is -0.883. The van der Waals surface area contributed by atoms with Gasteiger partial charge in [0.2, 0.25) is 0 Å². The number of carbonyl (C=O) groups excluding carboxylic acids is 2. The first-order valence-corrected chi connectivity index (χ1v) is 8.25. The maximum Gasteiger partial charge on any atom is 0.342 e. The number of benzene rings is 1. The molecular formula is C18H25NO4. The Morgan fingerprint density at radius 3 is 2.70 bits per heavy atom. The van der Waals surface area contributed by atoms with E-state index < -0.39 is 12.1 Å². The van der Waals surface area contributed by atoms with Gasteiger partial charge < -0.3 is 15.2 Å². The van der Waals surface area contributed by atoms with Gasteiger partial charge in [0.15, 0.2) is 6.10 Å². The molecule has 23 heavy (non-hydrogen) atoms. The SMILES string of the molecule is Cc1ccc(O)c(C(=O)O[C@@H](C)C(=O)NCC2CCCCC2)c1. The van der Waals surface area contributed by atoms with Crippen molar-refractivity contribution in [2.45, 2.75) is 52.1 Å². The topological polar surface area (TPSA) is 75.6 Å². The molecule has 2 rings (SSSR count). The smallest absolute Gasteiger partial charge is 0.342 e. The molecule has 0 bridgehead atoms. The van der Waals surface area contributed by atoms with E-state index in [4.69, 9.17) is 4.74 Å². The summed E-state index contributed by atoms with van der Waals surface area (Å²) in [6.45, 7) is 3.99. The second-order valence-corrected chi connectivity index (χ2v) is 6.32. The van der Waals surface area contributed by atoms with Crippen molar-refractivity contribution in [2.24, 2.45) is 5.92 Å². The average molecular weight is 319 g/mol. The number of ether oxygens (including phenoxy) is 1. The predicted molar refractivity (Wildman–Crippen MR) is 87.3 cm³/mol. The van der Waals surface area contributed by atoms with E-state index in [2.05, 4.69) is 5.32 Å². The van der Waals surface area contributed by atoms with Crippen LogP contribution in [0.1, 0.15) is 54.9 Å². The first-order valence-electron chi connectivity index (χ1n) is 8.25. The minimum Gasteiger partial charge on any atom is -0.507 e. The van der Waals surface area contributed by atoms with Gasteiger partial charge in [0, 0.05) is 6.54 Å². The van der Waals surface area contributed by atoms with Gasteiger partial charge in [0.25, 0.3) is 5.91 Å². The molecule has 0 saturated heterocycles. The summed E-state index contributed by atoms with van der Waals surface area (Å²) in [7, 11) is 0. The Balaban J connectivity index is 1.84. The lowest BCUT2D eigenvalue weighted by molar-refractivity contribution is -0.129. The zero-order valence-electron chi connectivity index (χ0n) is 13.8. The van der Waals surface area contributed by atoms with Crippen molar-refractivity contribution in [2.75, 3.05) is 6.54 Å². The van der Waals surface area contributed by atoms with Crippen LogP contribution in [0.25, 0.3) is 0 Å². The Labute approximate surface area is 137 Å². The molecule has 1 aliphatic rings. The standard InChI is InChI=1S/C18H25NO4/c1-12-8-9-16(20)15(10-12)18(22)23-13(2)17(21)19-11-14-6-4-3-5-7-14/h8-10,13-14,20H,3-7,11H2,1-2H3,(H,19,21)/t13-/m0/s1. The van der Waals surface area contributed by atoms with Gasteiger partial charge in [-0.15, -0.1) is 0 Å². The van der Waals surface area contributed by atoms with Gasteiger partial charge in [-0.1, -0.05) is 30.9 Å². The molecule has 1 atom stereocenters. The van der Waals surface area contributed by atoms with Crippen molar-refractivity contribution in [1.29, 1.82) is 0 Å². The normalized spacial score (nSPS) is 16.6. The number of amides is 1. The number of phenolic OH excluding ortho intramolecular Hbond substituents is 1. The van der Waals surface area contributed by atoms with E-state index in [1.807, 2.05) is 6.92 Å². The number of aromatic hydroxyl groups is 1. The fraction of sp³-hybridized carbons (Fsp3) is 0.556. The van der Waals surface area contributed by atoms with Crippen LogP contribution in [0.5, 0.6) is 5.75 Å². The Morgan fingerprint density at radius 1 is 1.30 bits per heavy atom. The highest BCUT2D eigenvalue weighted by molar-refractivity contribution is 5.94. The van der Waals surface area contributed by atoms with Gasteiger partial charge in [-0.25, -0.2) is 4.79 Å². The molecule has 126 valence electrons. The van der Waals surface area contributed by atoms with Gasteiger partial charge in [0.1, 0.15) is 11.3 Å². The van der Waals surface area contributed by atoms with Gasteiger partial charge in [0.05, 0.1) is 0 Å². The van der Waals surface area contributed by atoms with Gasteiger partial charge in [-0.2, -0.15) is 0 Å². The fourth-order valence-corrected chi connectivity index (χ4v) is 2.87. The Hall–Kier alpha value is -2.04. The van der Waals surface area contributed by atoms with Crippen LogP contribution in [-0.4, -0.2) is 29.6 Å². The van der Waals surface area contributed by atoms with Crippen LogP contribution in [0.4, 0.5) is 0 Å². The number of phenols is 1. The van der Waals surface area contributed by atoms with Crippen LogP contribution >= 0.6 is 0 Å². The molecule has 0 aromatic heterocycles. The first-order chi connectivity index (χ1) is 11.0. The van der Waals surface area contributed by atoms with Crippen LogP contribution in [-0.2, 0) is 9.53 Å². The molecule has 1 aliphatic carbocycles. The molecule has 5 nitrogen and oxygen atoms in total. The summed E-state index contributed by atoms with van der Waals surface area (Å²) in [4.78, 5) is 24.1. The van der Waals surface area contributed by atoms with Crippen LogP contribution in [0.3, 0.4) is 0 Å². The highest BCUT2D eigenvalue weighted by Gasteiger charge is 2.22. The van der Waals surface area contributed by atoms with Crippen molar-refractivity contribution >= 4 is 11.9 Å². The molecule has 1 aromatic rings. The molecule has 0 radical (unpaired) electrons. The maximum absolute atomic E-state index is 12.1. The second kappa shape index (κ2) is 7.99. The third-order valence-electron chi connectivity index (χ3n) is 4.31. The van der Waals surface area contributed by atoms with Crippen LogP contribution in [0, 0.1) is 12.8 Å². The number of aryl methyl sites for hydroxylation is 1. The van der Waals surface area contributed by atoms with E-state index in [1.165, 1.54) is 25.3 Å². The van der Waals surface area contributed by atoms with Crippen molar-refractivity contribution in [3.8, 4) is 5.75 Å². The summed E-state index contributed by atoms with van der Waals surface area (Å²) in [6, 6.07) is 4.69. The van der Waals surface area contributed by atoms with Gasteiger partial charge >= 0.3 is 5.97 Å². The van der Waals surface area contributed by atoms with Crippen LogP contribution in [0.2, 0.25) is 0 Å². The third kappa shape index (κ3) is 4.98. The average Bonchev–Trinajstić information content (AvgIpc) is 2.55. The molecule has 0 aliphatic heterocycles. The predicted octanol–water partition coefficient (Wildman–Crippen LogP) is 2.94. The number of rotatable bonds is 5. The van der Waals surface area contributed by atoms with Crippen molar-refractivity contribution < 1.29 is 19.4 Å². The molecular weight excluding hydrogens is 294 g/mol. The maximum atomic E-state index is 12.1. The zero-order chi connectivity index (χ0) is 16.8. The molecule has 0 unspecified atom stereocenters. The molecule has 0 spiro atoms. The molecule has 0 heterocycles. The molecule has 1 amide bonds. The monoisotopic (exact) mass is 319 g/mol. The number of hydrogen-bond donors (Lipinski definition) is 2. The highest BCUT2D eigenvalue weighted by Crippen LogP contribution is 2.23. The van der Waals surface area contributed by atoms with Gasteiger partial charge in [-0.05, 0) is 44.7 Å². The van der Waals surface area contributed by atoms with Crippen molar-refractivity contribution in [3.63, 3.8) is 0 Å². The van der Waals surface area contributed by atoms with Crippen molar-refractivity contribution in [1.82, 2.24) is 5.32 Å². The van der Waals surface area contributed by atoms with Crippen LogP contribution in [0.15, 0.2) is 18.2 Å². The molecule has 1 saturated carbocycles. The van der Waals surface area contributed by atoms with E-state index in [0.717, 1.165) is 18.4 Å². The second-order valence-electron chi connectivity index (χ2n) is 6.32. The van der Waals surface area contributed by atoms with Crippen LogP contribution < -0.4 is 5.32 Å². The molecule has 1 fully saturated rings. The zero-order valence-corrected chi connectivity index (χ0v) is 13.8. The lowest BCUT2D eigenvalue weighted by atomic mass is 9.89. The van der Waals surface area contributed by atoms with E-state index in [1.54, 1.807) is 19.1 Å². The molecule has 5 heteroatoms. The van der Waals surface area contributed by atoms with Crippen molar-refractivity contribution in [3.05, 3.63) is 29.3 Å². The summed E-state index contributed by atoms with van der Waals surface area (Å²) >= 11 is 0. The fourth-order valence-electron chi connectivity index (χ4n) is 2.87. The Kier molecular flexibility index (Phi) is 6.02. The number of carbonyl (C=O) groups is 2. The molecule has 1 aromatic carbocycles.